The molecular formula is C12H20NO+. The fourth-order valence-electron chi connectivity index (χ4n) is 3.20. The summed E-state index contributed by atoms with van der Waals surface area (Å²) in [6, 6.07) is 0. The van der Waals surface area contributed by atoms with E-state index in [-0.39, 0.29) is 0 Å². The zero-order valence-corrected chi connectivity index (χ0v) is 8.87. The molecule has 3 rings (SSSR count). The van der Waals surface area contributed by atoms with Crippen LogP contribution < -0.4 is 0 Å². The molecule has 3 heterocycles. The van der Waals surface area contributed by atoms with Crippen LogP contribution >= 0.6 is 0 Å². The van der Waals surface area contributed by atoms with E-state index in [1.54, 1.807) is 5.71 Å². The zero-order valence-electron chi connectivity index (χ0n) is 8.87. The van der Waals surface area contributed by atoms with Crippen LogP contribution in [-0.4, -0.2) is 35.6 Å². The molecule has 2 heteroatoms. The Morgan fingerprint density at radius 2 is 1.86 bits per heavy atom. The van der Waals surface area contributed by atoms with Crippen LogP contribution in [0.5, 0.6) is 0 Å². The van der Waals surface area contributed by atoms with Crippen molar-refractivity contribution in [3.63, 3.8) is 0 Å². The van der Waals surface area contributed by atoms with E-state index in [0.717, 1.165) is 0 Å². The van der Waals surface area contributed by atoms with E-state index in [9.17, 15) is 0 Å². The number of fused-ring (bicyclic) bond motifs is 2. The number of nitrogens with zero attached hydrogens (tertiary/aromatic N) is 1. The summed E-state index contributed by atoms with van der Waals surface area (Å²) in [6.45, 7) is 2.58. The molecule has 0 amide bonds. The lowest BCUT2D eigenvalue weighted by Gasteiger charge is -2.09. The minimum atomic E-state index is 0.501. The maximum atomic E-state index is 6.07. The molecule has 3 aliphatic rings. The lowest BCUT2D eigenvalue weighted by molar-refractivity contribution is -0.510. The third-order valence-corrected chi connectivity index (χ3v) is 3.95. The van der Waals surface area contributed by atoms with Crippen LogP contribution in [0.25, 0.3) is 0 Å². The average molecular weight is 194 g/mol. The highest BCUT2D eigenvalue weighted by atomic mass is 16.5. The van der Waals surface area contributed by atoms with Gasteiger partial charge in [0.2, 0.25) is 0 Å². The van der Waals surface area contributed by atoms with Crippen molar-refractivity contribution in [2.24, 2.45) is 0 Å². The first kappa shape index (κ1) is 8.90. The van der Waals surface area contributed by atoms with Crippen molar-refractivity contribution in [2.45, 2.75) is 57.2 Å². The van der Waals surface area contributed by atoms with Gasteiger partial charge in [0, 0.05) is 19.3 Å². The van der Waals surface area contributed by atoms with Gasteiger partial charge in [-0.25, -0.2) is 4.58 Å². The average Bonchev–Trinajstić information content (AvgIpc) is 2.76. The van der Waals surface area contributed by atoms with Crippen molar-refractivity contribution in [1.82, 2.24) is 0 Å². The Labute approximate surface area is 86.0 Å². The van der Waals surface area contributed by atoms with Crippen molar-refractivity contribution < 1.29 is 9.31 Å². The summed E-state index contributed by atoms with van der Waals surface area (Å²) in [7, 11) is 0. The molecule has 3 aliphatic heterocycles. The molecule has 78 valence electrons. The normalized spacial score (nSPS) is 37.7. The molecule has 0 aromatic heterocycles. The maximum absolute atomic E-state index is 6.07. The molecule has 0 aliphatic carbocycles. The molecule has 0 N–H and O–H groups in total. The molecule has 3 saturated heterocycles. The first-order valence-electron chi connectivity index (χ1n) is 6.19. The van der Waals surface area contributed by atoms with Crippen LogP contribution in [0.2, 0.25) is 0 Å². The summed E-state index contributed by atoms with van der Waals surface area (Å²) in [5.74, 6) is 0. The highest BCUT2D eigenvalue weighted by Gasteiger charge is 2.37. The lowest BCUT2D eigenvalue weighted by Crippen LogP contribution is -2.29. The Kier molecular flexibility index (Phi) is 2.32. The van der Waals surface area contributed by atoms with E-state index in [2.05, 4.69) is 4.58 Å². The Morgan fingerprint density at radius 1 is 1.00 bits per heavy atom. The van der Waals surface area contributed by atoms with Gasteiger partial charge in [-0.2, -0.15) is 0 Å². The molecule has 0 aromatic carbocycles. The van der Waals surface area contributed by atoms with Gasteiger partial charge in [0.25, 0.3) is 0 Å². The van der Waals surface area contributed by atoms with E-state index >= 15 is 0 Å². The Bertz CT molecular complexity index is 251. The molecule has 0 radical (unpaired) electrons. The van der Waals surface area contributed by atoms with Crippen LogP contribution in [0.1, 0.15) is 44.9 Å². The fraction of sp³-hybridized carbons (Fsp3) is 0.917. The van der Waals surface area contributed by atoms with Crippen LogP contribution in [0.4, 0.5) is 0 Å². The quantitative estimate of drug-likeness (QED) is 0.537. The highest BCUT2D eigenvalue weighted by Crippen LogP contribution is 2.30. The molecule has 0 unspecified atom stereocenters. The standard InChI is InChI=1S/C12H20NO/c1-2-9-13(8-1)11-5-3-4-10-6-7-12(11)14-10/h10,12H,1-9H2/q+1/t10-,12-/m1/s1. The van der Waals surface area contributed by atoms with Gasteiger partial charge in [0.15, 0.2) is 5.71 Å². The Morgan fingerprint density at radius 3 is 2.71 bits per heavy atom. The molecule has 2 nitrogen and oxygen atoms in total. The van der Waals surface area contributed by atoms with Crippen LogP contribution in [0.15, 0.2) is 0 Å². The third kappa shape index (κ3) is 1.50. The van der Waals surface area contributed by atoms with Gasteiger partial charge >= 0.3 is 0 Å². The summed E-state index contributed by atoms with van der Waals surface area (Å²) in [5, 5.41) is 0. The molecule has 14 heavy (non-hydrogen) atoms. The Balaban J connectivity index is 1.86. The molecular weight excluding hydrogens is 174 g/mol. The smallest absolute Gasteiger partial charge is 0.181 e. The SMILES string of the molecule is C1CC(=[N+]2CCCC2)[C@H]2CC[C@@H](C1)O2. The van der Waals surface area contributed by atoms with E-state index < -0.39 is 0 Å². The molecule has 0 saturated carbocycles. The minimum absolute atomic E-state index is 0.501. The van der Waals surface area contributed by atoms with Crippen LogP contribution in [-0.2, 0) is 4.74 Å². The third-order valence-electron chi connectivity index (χ3n) is 3.95. The van der Waals surface area contributed by atoms with Gasteiger partial charge in [-0.3, -0.25) is 0 Å². The van der Waals surface area contributed by atoms with Crippen molar-refractivity contribution in [3.05, 3.63) is 0 Å². The molecule has 2 bridgehead atoms. The minimum Gasteiger partial charge on any atom is -0.364 e. The Hall–Kier alpha value is -0.370. The second-order valence-corrected chi connectivity index (χ2v) is 4.90. The van der Waals surface area contributed by atoms with E-state index in [0.29, 0.717) is 12.2 Å². The van der Waals surface area contributed by atoms with Gasteiger partial charge in [-0.15, -0.1) is 0 Å². The number of hydrogen-bond acceptors (Lipinski definition) is 1. The predicted octanol–water partition coefficient (Wildman–Crippen LogP) is 1.97. The topological polar surface area (TPSA) is 12.2 Å². The summed E-state index contributed by atoms with van der Waals surface area (Å²) < 4.78 is 8.68. The fourth-order valence-corrected chi connectivity index (χ4v) is 3.20. The molecule has 3 fully saturated rings. The second-order valence-electron chi connectivity index (χ2n) is 4.90. The summed E-state index contributed by atoms with van der Waals surface area (Å²) >= 11 is 0. The number of hydrogen-bond donors (Lipinski definition) is 0. The monoisotopic (exact) mass is 194 g/mol. The van der Waals surface area contributed by atoms with Crippen LogP contribution in [0.3, 0.4) is 0 Å². The van der Waals surface area contributed by atoms with Gasteiger partial charge in [-0.05, 0) is 25.7 Å². The highest BCUT2D eigenvalue weighted by molar-refractivity contribution is 5.84. The predicted molar refractivity (Wildman–Crippen MR) is 56.0 cm³/mol. The first-order valence-corrected chi connectivity index (χ1v) is 6.19. The van der Waals surface area contributed by atoms with E-state index in [1.165, 1.54) is 58.0 Å². The van der Waals surface area contributed by atoms with Gasteiger partial charge in [-0.1, -0.05) is 0 Å². The summed E-state index contributed by atoms with van der Waals surface area (Å²) in [5.41, 5.74) is 1.64. The molecule has 0 spiro atoms. The van der Waals surface area contributed by atoms with Crippen molar-refractivity contribution >= 4 is 5.71 Å². The number of ether oxygens (including phenoxy) is 1. The zero-order chi connectivity index (χ0) is 9.38. The lowest BCUT2D eigenvalue weighted by atomic mass is 9.99. The van der Waals surface area contributed by atoms with E-state index in [4.69, 9.17) is 4.74 Å². The van der Waals surface area contributed by atoms with Gasteiger partial charge < -0.3 is 4.74 Å². The molecule has 2 atom stereocenters. The maximum Gasteiger partial charge on any atom is 0.181 e. The van der Waals surface area contributed by atoms with E-state index in [1.807, 2.05) is 0 Å². The summed E-state index contributed by atoms with van der Waals surface area (Å²) in [4.78, 5) is 0. The first-order chi connectivity index (χ1) is 6.93. The second kappa shape index (κ2) is 3.65. The number of rotatable bonds is 0. The van der Waals surface area contributed by atoms with Crippen molar-refractivity contribution in [1.29, 1.82) is 0 Å². The van der Waals surface area contributed by atoms with Crippen LogP contribution in [0, 0.1) is 0 Å². The van der Waals surface area contributed by atoms with Crippen molar-refractivity contribution in [2.75, 3.05) is 13.1 Å². The van der Waals surface area contributed by atoms with Gasteiger partial charge in [0.1, 0.15) is 19.2 Å². The summed E-state index contributed by atoms with van der Waals surface area (Å²) in [6.07, 6.45) is 10.4. The molecule has 0 aromatic rings. The largest absolute Gasteiger partial charge is 0.364 e. The van der Waals surface area contributed by atoms with Crippen molar-refractivity contribution in [3.8, 4) is 0 Å². The van der Waals surface area contributed by atoms with Gasteiger partial charge in [0.05, 0.1) is 6.10 Å².